The number of rotatable bonds is 9. The maximum absolute atomic E-state index is 12.8. The number of amides is 1. The molecule has 1 aliphatic carbocycles. The summed E-state index contributed by atoms with van der Waals surface area (Å²) in [4.78, 5) is 14.5. The number of halogens is 1. The van der Waals surface area contributed by atoms with E-state index >= 15 is 0 Å². The first-order valence-corrected chi connectivity index (χ1v) is 12.1. The molecule has 2 N–H and O–H groups in total. The van der Waals surface area contributed by atoms with Gasteiger partial charge in [-0.05, 0) is 79.0 Å². The molecule has 1 heterocycles. The number of carbonyl (C=O) groups excluding carboxylic acids is 1. The van der Waals surface area contributed by atoms with Gasteiger partial charge in [0.25, 0.3) is 5.91 Å². The van der Waals surface area contributed by atoms with Gasteiger partial charge in [0.05, 0.1) is 30.6 Å². The van der Waals surface area contributed by atoms with Gasteiger partial charge in [0, 0.05) is 24.7 Å². The average molecular weight is 482 g/mol. The molecule has 0 spiro atoms. The van der Waals surface area contributed by atoms with Crippen LogP contribution in [-0.2, 0) is 24.3 Å². The van der Waals surface area contributed by atoms with Gasteiger partial charge in [0.15, 0.2) is 0 Å². The van der Waals surface area contributed by atoms with Crippen LogP contribution in [0.15, 0.2) is 54.6 Å². The van der Waals surface area contributed by atoms with Crippen molar-refractivity contribution in [3.8, 4) is 0 Å². The Morgan fingerprint density at radius 3 is 2.65 bits per heavy atom. The molecule has 2 aromatic carbocycles. The Bertz CT molecular complexity index is 1080. The van der Waals surface area contributed by atoms with Gasteiger partial charge in [-0.15, -0.1) is 0 Å². The molecule has 3 aromatic rings. The van der Waals surface area contributed by atoms with Crippen LogP contribution in [0.25, 0.3) is 0 Å². The van der Waals surface area contributed by atoms with Crippen molar-refractivity contribution in [2.75, 3.05) is 14.2 Å². The van der Waals surface area contributed by atoms with Crippen LogP contribution in [0, 0.1) is 11.8 Å². The molecule has 4 rings (SSSR count). The number of benzene rings is 2. The molecule has 1 saturated carbocycles. The van der Waals surface area contributed by atoms with Gasteiger partial charge in [-0.3, -0.25) is 9.89 Å². The van der Waals surface area contributed by atoms with Crippen LogP contribution in [0.2, 0.25) is 5.02 Å². The van der Waals surface area contributed by atoms with Crippen molar-refractivity contribution in [3.63, 3.8) is 0 Å². The predicted octanol–water partition coefficient (Wildman–Crippen LogP) is 5.17. The number of H-pyrrole nitrogens is 1. The third kappa shape index (κ3) is 6.06. The molecule has 1 fully saturated rings. The first kappa shape index (κ1) is 24.5. The summed E-state index contributed by atoms with van der Waals surface area (Å²) in [6.07, 6.45) is 3.65. The molecular weight excluding hydrogens is 450 g/mol. The summed E-state index contributed by atoms with van der Waals surface area (Å²) in [5.74, 6) is 0.784. The van der Waals surface area contributed by atoms with Crippen LogP contribution in [-0.4, -0.2) is 40.3 Å². The molecule has 0 saturated heterocycles. The van der Waals surface area contributed by atoms with Gasteiger partial charge in [0.1, 0.15) is 0 Å². The lowest BCUT2D eigenvalue weighted by Crippen LogP contribution is -2.26. The second kappa shape index (κ2) is 11.2. The fourth-order valence-electron chi connectivity index (χ4n) is 4.89. The summed E-state index contributed by atoms with van der Waals surface area (Å²) in [5, 5.41) is 18.6. The smallest absolute Gasteiger partial charge is 0.253 e. The number of aliphatic hydroxyl groups is 1. The highest BCUT2D eigenvalue weighted by atomic mass is 35.5. The van der Waals surface area contributed by atoms with Crippen molar-refractivity contribution in [2.45, 2.75) is 44.9 Å². The summed E-state index contributed by atoms with van der Waals surface area (Å²) in [5.41, 5.74) is 4.52. The second-order valence-electron chi connectivity index (χ2n) is 9.32. The molecule has 0 unspecified atom stereocenters. The minimum Gasteiger partial charge on any atom is -0.388 e. The fourth-order valence-corrected chi connectivity index (χ4v) is 5.02. The average Bonchev–Trinajstić information content (AvgIpc) is 3.49. The van der Waals surface area contributed by atoms with E-state index in [1.165, 1.54) is 5.56 Å². The van der Waals surface area contributed by atoms with Crippen molar-refractivity contribution < 1.29 is 14.6 Å². The van der Waals surface area contributed by atoms with E-state index in [1.807, 2.05) is 42.5 Å². The van der Waals surface area contributed by atoms with Crippen molar-refractivity contribution >= 4 is 17.5 Å². The highest BCUT2D eigenvalue weighted by Gasteiger charge is 2.30. The summed E-state index contributed by atoms with van der Waals surface area (Å²) in [6, 6.07) is 17.3. The molecular formula is C27H32ClN3O3. The Morgan fingerprint density at radius 1 is 1.21 bits per heavy atom. The Kier molecular flexibility index (Phi) is 8.03. The fraction of sp³-hybridized carbons (Fsp3) is 0.407. The number of nitrogens with zero attached hydrogens (tertiary/aromatic N) is 2. The lowest BCUT2D eigenvalue weighted by molar-refractivity contribution is 0.0783. The number of aromatic nitrogens is 2. The third-order valence-corrected chi connectivity index (χ3v) is 6.95. The Morgan fingerprint density at radius 2 is 1.94 bits per heavy atom. The minimum absolute atomic E-state index is 0.0264. The number of nitrogens with one attached hydrogen (secondary N) is 1. The number of methoxy groups -OCH3 is 1. The topological polar surface area (TPSA) is 78.5 Å². The van der Waals surface area contributed by atoms with E-state index in [2.05, 4.69) is 22.3 Å². The molecule has 7 heteroatoms. The molecule has 3 atom stereocenters. The monoisotopic (exact) mass is 481 g/mol. The summed E-state index contributed by atoms with van der Waals surface area (Å²) in [7, 11) is 3.42. The van der Waals surface area contributed by atoms with Crippen molar-refractivity contribution in [3.05, 3.63) is 87.7 Å². The van der Waals surface area contributed by atoms with E-state index in [4.69, 9.17) is 16.3 Å². The zero-order valence-corrected chi connectivity index (χ0v) is 20.5. The van der Waals surface area contributed by atoms with E-state index in [-0.39, 0.29) is 11.8 Å². The van der Waals surface area contributed by atoms with Crippen LogP contribution < -0.4 is 0 Å². The van der Waals surface area contributed by atoms with Crippen LogP contribution in [0.1, 0.15) is 58.2 Å². The molecule has 34 heavy (non-hydrogen) atoms. The zero-order valence-electron chi connectivity index (χ0n) is 19.7. The maximum Gasteiger partial charge on any atom is 0.253 e. The molecule has 0 aliphatic heterocycles. The molecule has 0 bridgehead atoms. The van der Waals surface area contributed by atoms with E-state index < -0.39 is 6.10 Å². The first-order chi connectivity index (χ1) is 16.4. The maximum atomic E-state index is 12.8. The highest BCUT2D eigenvalue weighted by molar-refractivity contribution is 6.30. The molecule has 1 aliphatic rings. The van der Waals surface area contributed by atoms with E-state index in [0.29, 0.717) is 29.7 Å². The number of aromatic amines is 1. The van der Waals surface area contributed by atoms with Crippen molar-refractivity contribution in [1.82, 2.24) is 15.1 Å². The van der Waals surface area contributed by atoms with Gasteiger partial charge in [-0.25, -0.2) is 0 Å². The van der Waals surface area contributed by atoms with Crippen molar-refractivity contribution in [2.24, 2.45) is 11.8 Å². The Balaban J connectivity index is 1.29. The van der Waals surface area contributed by atoms with Crippen LogP contribution in [0.4, 0.5) is 0 Å². The van der Waals surface area contributed by atoms with Crippen molar-refractivity contribution in [1.29, 1.82) is 0 Å². The van der Waals surface area contributed by atoms with Gasteiger partial charge in [0.2, 0.25) is 0 Å². The summed E-state index contributed by atoms with van der Waals surface area (Å²) >= 11 is 5.97. The third-order valence-electron chi connectivity index (χ3n) is 6.70. The predicted molar refractivity (Wildman–Crippen MR) is 132 cm³/mol. The van der Waals surface area contributed by atoms with Gasteiger partial charge in [-0.2, -0.15) is 5.10 Å². The molecule has 1 amide bonds. The number of hydrogen-bond donors (Lipinski definition) is 2. The van der Waals surface area contributed by atoms with Crippen LogP contribution in [0.3, 0.4) is 0 Å². The zero-order chi connectivity index (χ0) is 24.1. The molecule has 1 aromatic heterocycles. The summed E-state index contributed by atoms with van der Waals surface area (Å²) in [6.45, 7) is 0.897. The number of carbonyl (C=O) groups is 1. The van der Waals surface area contributed by atoms with Gasteiger partial charge >= 0.3 is 0 Å². The van der Waals surface area contributed by atoms with E-state index in [9.17, 15) is 9.90 Å². The lowest BCUT2D eigenvalue weighted by atomic mass is 9.91. The SMILES string of the molecule is COCc1cc(CN(C)C(=O)c2ccc(C[C@@H]3CC[C@H]([C@H](O)c4ccc(Cl)cc4)C3)cc2)[nH]n1. The van der Waals surface area contributed by atoms with E-state index in [1.54, 1.807) is 19.1 Å². The number of hydrogen-bond acceptors (Lipinski definition) is 4. The quantitative estimate of drug-likeness (QED) is 0.441. The Hall–Kier alpha value is -2.67. The number of ether oxygens (including phenoxy) is 1. The molecule has 180 valence electrons. The molecule has 6 nitrogen and oxygen atoms in total. The highest BCUT2D eigenvalue weighted by Crippen LogP contribution is 2.40. The Labute approximate surface area is 205 Å². The normalized spacial score (nSPS) is 18.7. The molecule has 0 radical (unpaired) electrons. The standard InChI is InChI=1S/C27H32ClN3O3/c1-31(16-24-15-25(17-34-2)30-29-24)27(33)21-6-3-18(4-7-21)13-19-5-8-22(14-19)26(32)20-9-11-23(28)12-10-20/h3-4,6-7,9-12,15,19,22,26,32H,5,8,13-14,16-17H2,1-2H3,(H,29,30)/t19-,22-,26+/m0/s1. The van der Waals surface area contributed by atoms with Crippen LogP contribution >= 0.6 is 11.6 Å². The van der Waals surface area contributed by atoms with Gasteiger partial charge < -0.3 is 14.7 Å². The minimum atomic E-state index is -0.446. The van der Waals surface area contributed by atoms with Crippen LogP contribution in [0.5, 0.6) is 0 Å². The lowest BCUT2D eigenvalue weighted by Gasteiger charge is -2.19. The second-order valence-corrected chi connectivity index (χ2v) is 9.75. The first-order valence-electron chi connectivity index (χ1n) is 11.7. The largest absolute Gasteiger partial charge is 0.388 e. The number of aliphatic hydroxyl groups excluding tert-OH is 1. The summed E-state index contributed by atoms with van der Waals surface area (Å²) < 4.78 is 5.08. The van der Waals surface area contributed by atoms with E-state index in [0.717, 1.165) is 42.6 Å². The van der Waals surface area contributed by atoms with Gasteiger partial charge in [-0.1, -0.05) is 35.9 Å².